The predicted octanol–water partition coefficient (Wildman–Crippen LogP) is 1.08. The number of nitrogens with two attached hydrogens (primary N) is 2. The zero-order chi connectivity index (χ0) is 104. The summed E-state index contributed by atoms with van der Waals surface area (Å²) in [5.41, 5.74) is 5.59. The number of phosphoric ester groups is 4. The first-order chi connectivity index (χ1) is 67.8. The van der Waals surface area contributed by atoms with Gasteiger partial charge in [-0.2, -0.15) is 0 Å². The van der Waals surface area contributed by atoms with Crippen molar-refractivity contribution in [3.63, 3.8) is 0 Å². The molecule has 0 radical (unpaired) electrons. The van der Waals surface area contributed by atoms with E-state index in [1.165, 1.54) is 64.4 Å². The highest BCUT2D eigenvalue weighted by atomic mass is 32.7. The Kier molecular flexibility index (Phi) is 32.9. The highest BCUT2D eigenvalue weighted by Crippen LogP contribution is 2.60. The number of hydrogen-bond acceptors (Lipinski definition) is 46. The van der Waals surface area contributed by atoms with E-state index in [1.54, 1.807) is 11.5 Å². The molecule has 8 aliphatic rings. The summed E-state index contributed by atoms with van der Waals surface area (Å²) in [4.78, 5) is 221. The fraction of sp³-hybridized carbons (Fsp3) is 0.597. The number of rotatable bonds is 41. The number of carbonyl (C=O) groups is 1. The second-order valence-electron chi connectivity index (χ2n) is 33.9. The molecule has 8 aliphatic heterocycles. The van der Waals surface area contributed by atoms with E-state index in [-0.39, 0.29) is 63.5 Å². The lowest BCUT2D eigenvalue weighted by atomic mass is 10.1. The number of amides is 2. The molecule has 8 aromatic heterocycles. The molecule has 144 heavy (non-hydrogen) atoms. The first kappa shape index (κ1) is 109. The van der Waals surface area contributed by atoms with Crippen molar-refractivity contribution in [3.05, 3.63) is 167 Å². The molecule has 16 rings (SSSR count). The molecule has 16 heterocycles. The Morgan fingerprint density at radius 3 is 1.03 bits per heavy atom. The summed E-state index contributed by atoms with van der Waals surface area (Å²) in [5, 5.41) is 12.6. The van der Waals surface area contributed by atoms with Crippen molar-refractivity contribution >= 4 is 127 Å². The number of nitrogens with zero attached hydrogens (tertiary/aromatic N) is 13. The van der Waals surface area contributed by atoms with Crippen LogP contribution in [0.2, 0.25) is 0 Å². The summed E-state index contributed by atoms with van der Waals surface area (Å²) in [6.45, 7) is -10.7. The number of urea groups is 1. The van der Waals surface area contributed by atoms with Crippen molar-refractivity contribution in [1.29, 1.82) is 0 Å². The van der Waals surface area contributed by atoms with E-state index in [2.05, 4.69) is 67.4 Å². The number of carbonyl (C=O) groups excluding carboxylic acids is 1. The molecule has 72 heteroatoms. The van der Waals surface area contributed by atoms with E-state index in [1.807, 2.05) is 0 Å². The number of aliphatic hydroxyl groups excluding tert-OH is 1. The second kappa shape index (κ2) is 43.6. The van der Waals surface area contributed by atoms with E-state index >= 15 is 0 Å². The zero-order valence-electron chi connectivity index (χ0n) is 76.1. The van der Waals surface area contributed by atoms with Crippen molar-refractivity contribution in [2.45, 2.75) is 228 Å². The number of imidazole rings is 2. The normalized spacial score (nSPS) is 30.8. The van der Waals surface area contributed by atoms with Gasteiger partial charge in [-0.1, -0.05) is 19.2 Å². The Bertz CT molecular complexity index is 7110. The lowest BCUT2D eigenvalue weighted by Gasteiger charge is -2.32. The number of nitrogens with one attached hydrogen (secondary N) is 5. The minimum atomic E-state index is -5.75. The lowest BCUT2D eigenvalue weighted by Crippen LogP contribution is -2.51. The SMILES string of the molecule is CC[C@H]1O[C@@H](n2cnc3c(N)ncnc32)CC1OP(O)(=S)OC[C@H]1O[C@@H](n2cc(C)c(=O)[nH]c2=O)CC1OP(=O)(O)OC[C@H]1O[C@@H](n2cnc3c(N)ncnc32)CC1OP(=O)(O)OC[C@H]1O[C@@H](n2cc(C)c(=O)[nH]c2=O)CC1OP(=O)(O)OC[C@H]1O[C@@H](n2cc(C)c(=O)[nH]c2=O)CC1OP(=O)(O)OC[C@H]1O[C@@H](n2cc(C)c(=O)[nH]c2=O)CC1OP(=O)(S)OC[C@H]1O[C@@H](N2C=C(C)C(O)NC2=O)CC1OP(O)(=S)OC. The van der Waals surface area contributed by atoms with Gasteiger partial charge >= 0.3 is 80.3 Å². The summed E-state index contributed by atoms with van der Waals surface area (Å²) >= 11 is 14.8. The molecular formula is C72H97N20O42P7S3. The van der Waals surface area contributed by atoms with Gasteiger partial charge in [-0.15, -0.1) is 0 Å². The number of phosphoric acid groups is 4. The number of aromatic nitrogens is 16. The third kappa shape index (κ3) is 25.4. The average molecular weight is 2230 g/mol. The van der Waals surface area contributed by atoms with Crippen LogP contribution >= 0.6 is 63.8 Å². The number of H-pyrrole nitrogens is 4. The number of thiol groups is 1. The molecule has 0 aromatic carbocycles. The van der Waals surface area contributed by atoms with Gasteiger partial charge in [-0.3, -0.25) is 117 Å². The Morgan fingerprint density at radius 2 is 0.688 bits per heavy atom. The summed E-state index contributed by atoms with van der Waals surface area (Å²) in [5.74, 6) is 0.0137. The van der Waals surface area contributed by atoms with Gasteiger partial charge in [0.25, 0.3) is 22.2 Å². The van der Waals surface area contributed by atoms with Crippen LogP contribution in [0, 0.1) is 27.7 Å². The Morgan fingerprint density at radius 1 is 0.403 bits per heavy atom. The van der Waals surface area contributed by atoms with Crippen LogP contribution in [0.25, 0.3) is 22.3 Å². The molecule has 29 atom stereocenters. The van der Waals surface area contributed by atoms with Gasteiger partial charge in [-0.25, -0.2) is 76.7 Å². The van der Waals surface area contributed by atoms with Crippen molar-refractivity contribution in [1.82, 2.24) is 87.5 Å². The number of aryl methyl sites for hydroxylation is 4. The van der Waals surface area contributed by atoms with E-state index in [9.17, 15) is 100 Å². The summed E-state index contributed by atoms with van der Waals surface area (Å²) in [6, 6.07) is -0.813. The van der Waals surface area contributed by atoms with Crippen molar-refractivity contribution in [2.24, 2.45) is 0 Å². The van der Waals surface area contributed by atoms with Gasteiger partial charge in [0.1, 0.15) is 134 Å². The van der Waals surface area contributed by atoms with Crippen molar-refractivity contribution in [3.8, 4) is 0 Å². The molecular weight excluding hydrogens is 2130 g/mol. The number of nitrogen functional groups attached to an aromatic ring is 2. The maximum absolute atomic E-state index is 14.7. The minimum absolute atomic E-state index is 0.00991. The molecule has 16 N–H and O–H groups in total. The smallest absolute Gasteiger partial charge is 0.382 e. The van der Waals surface area contributed by atoms with Gasteiger partial charge in [0.15, 0.2) is 29.2 Å². The topological polar surface area (TPSA) is 812 Å². The van der Waals surface area contributed by atoms with Crippen LogP contribution in [0.5, 0.6) is 0 Å². The molecule has 15 unspecified atom stereocenters. The maximum Gasteiger partial charge on any atom is 0.472 e. The first-order valence-corrected chi connectivity index (χ1v) is 57.3. The Labute approximate surface area is 823 Å². The standard InChI is InChI=1S/C72H97N20O42P7S3/c1-8-36-37(9-55(121-36)91-29-79-57-59(73)75-27-77-61(57)91)133-140(112,143)119-25-48-40(12-52(125-48)88-18-33(4)65(95)83-70(88)100)130-136(105,106)117-23-46-41(13-56(127-46)92-30-80-58-60(74)76-28-78-62(58)92)131-137(107,108)116-22-45-38(10-50(123-45)86-16-31(2)63(93)81-68(86)98)128-135(103,104)115-21-44-39(11-51(122-44)87-17-32(3)64(94)82-69(87)99)129-138(109,110)118-24-47-43(15-54(124-47)90-20-35(6)67(97)85-72(90)102)134-141(113,144)120-26-49-42(132-139(111,142)114-7)14-53(126-49)89-19-34(5)66(96)84-71(89)101/h16-20,27-30,36-56,66,96H,8-15,21-26H2,1-7H3,(H,84,101)(H,103,104)(H,105,106)(H,107,108)(H,109,110)(H,111,142)(H,112,143)(H,113,144)(H2,73,75,77)(H2,74,76,78)(H,81,93,98)(H,82,94,99)(H,83,95,100)(H,85,97,102)/t36-,37?,38?,39?,40?,41?,42?,43?,44-,45-,46-,47-,48-,49-,50-,51-,52-,53-,54-,55-,56-,66?,139?,140?,141?/m1/s1. The quantitative estimate of drug-likeness (QED) is 0.0188. The van der Waals surface area contributed by atoms with Gasteiger partial charge in [0.2, 0.25) is 0 Å². The first-order valence-electron chi connectivity index (χ1n) is 43.5. The number of aromatic amines is 4. The second-order valence-corrected chi connectivity index (χ2v) is 48.1. The Balaban J connectivity index is 0.603. The monoisotopic (exact) mass is 2230 g/mol. The third-order valence-electron chi connectivity index (χ3n) is 24.0. The van der Waals surface area contributed by atoms with Crippen molar-refractivity contribution in [2.75, 3.05) is 58.2 Å². The fourth-order valence-corrected chi connectivity index (χ4v) is 24.6. The summed E-state index contributed by atoms with van der Waals surface area (Å²) in [7, 11) is -21.6. The molecule has 0 spiro atoms. The predicted molar refractivity (Wildman–Crippen MR) is 494 cm³/mol. The average Bonchev–Trinajstić information content (AvgIpc) is 1.60. The van der Waals surface area contributed by atoms with Crippen LogP contribution in [-0.4, -0.2) is 267 Å². The van der Waals surface area contributed by atoms with Gasteiger partial charge in [0.05, 0.1) is 70.6 Å². The molecule has 62 nitrogen and oxygen atoms in total. The van der Waals surface area contributed by atoms with Crippen LogP contribution in [0.4, 0.5) is 16.4 Å². The van der Waals surface area contributed by atoms with Crippen LogP contribution < -0.4 is 61.8 Å². The van der Waals surface area contributed by atoms with Gasteiger partial charge in [-0.05, 0) is 70.2 Å². The molecule has 7 saturated heterocycles. The number of anilines is 2. The number of fused-ring (bicyclic) bond motifs is 2. The zero-order valence-corrected chi connectivity index (χ0v) is 84.9. The molecule has 790 valence electrons. The van der Waals surface area contributed by atoms with Gasteiger partial charge in [0, 0.05) is 105 Å². The molecule has 8 aromatic rings. The van der Waals surface area contributed by atoms with E-state index in [0.717, 1.165) is 61.4 Å². The molecule has 0 aliphatic carbocycles. The largest absolute Gasteiger partial charge is 0.472 e. The van der Waals surface area contributed by atoms with E-state index in [4.69, 9.17) is 132 Å². The lowest BCUT2D eigenvalue weighted by molar-refractivity contribution is -0.0648. The molecule has 0 bridgehead atoms. The van der Waals surface area contributed by atoms with Crippen LogP contribution in [0.1, 0.15) is 125 Å². The summed E-state index contributed by atoms with van der Waals surface area (Å²) in [6.07, 6.45) is -24.4. The molecule has 0 saturated carbocycles. The van der Waals surface area contributed by atoms with E-state index in [0.29, 0.717) is 17.6 Å². The van der Waals surface area contributed by atoms with E-state index < -0.39 is 310 Å². The van der Waals surface area contributed by atoms with Crippen LogP contribution in [-0.2, 0) is 143 Å². The van der Waals surface area contributed by atoms with Crippen LogP contribution in [0.15, 0.2) is 100 Å². The number of ether oxygens (including phenoxy) is 7. The molecule has 7 fully saturated rings. The summed E-state index contributed by atoms with van der Waals surface area (Å²) < 4.78 is 201. The molecule has 2 amide bonds. The maximum atomic E-state index is 14.7. The minimum Gasteiger partial charge on any atom is -0.382 e. The van der Waals surface area contributed by atoms with Crippen LogP contribution in [0.3, 0.4) is 0 Å². The van der Waals surface area contributed by atoms with Crippen molar-refractivity contribution < 1.29 is 159 Å². The number of aliphatic hydroxyl groups is 1. The van der Waals surface area contributed by atoms with Gasteiger partial charge < -0.3 is 103 Å². The highest BCUT2D eigenvalue weighted by molar-refractivity contribution is 8.44. The fourth-order valence-electron chi connectivity index (χ4n) is 16.8. The highest BCUT2D eigenvalue weighted by Gasteiger charge is 2.54. The Hall–Kier alpha value is -7.89. The number of hydrogen-bond donors (Lipinski definition) is 15. The third-order valence-corrected chi connectivity index (χ3v) is 33.0.